The fourth-order valence-electron chi connectivity index (χ4n) is 2.02. The van der Waals surface area contributed by atoms with Gasteiger partial charge < -0.3 is 15.4 Å². The Labute approximate surface area is 101 Å². The molecule has 0 aliphatic carbocycles. The fraction of sp³-hybridized carbons (Fsp3) is 0.667. The Morgan fingerprint density at radius 3 is 3.25 bits per heavy atom. The van der Waals surface area contributed by atoms with Crippen molar-refractivity contribution in [3.05, 3.63) is 22.4 Å². The molecular formula is C12H20N2OS. The fourth-order valence-corrected chi connectivity index (χ4v) is 2.73. The van der Waals surface area contributed by atoms with Crippen LogP contribution in [-0.2, 0) is 11.2 Å². The van der Waals surface area contributed by atoms with E-state index in [1.54, 1.807) is 11.3 Å². The first-order valence-electron chi connectivity index (χ1n) is 5.82. The molecule has 2 atom stereocenters. The van der Waals surface area contributed by atoms with Crippen LogP contribution in [0, 0.1) is 0 Å². The van der Waals surface area contributed by atoms with E-state index >= 15 is 0 Å². The average Bonchev–Trinajstić information content (AvgIpc) is 2.78. The number of nitrogens with zero attached hydrogens (tertiary/aromatic N) is 1. The standard InChI is InChI=1S/C12H20N2OS/c1-14-5-6-15-12(8-14)11(13)3-2-10-4-7-16-9-10/h4,7,9,11-12H,2-3,5-6,8,13H2,1H3. The van der Waals surface area contributed by atoms with Gasteiger partial charge in [-0.3, -0.25) is 0 Å². The lowest BCUT2D eigenvalue weighted by Gasteiger charge is -2.33. The second-order valence-electron chi connectivity index (χ2n) is 4.51. The summed E-state index contributed by atoms with van der Waals surface area (Å²) in [6.45, 7) is 2.80. The first-order chi connectivity index (χ1) is 7.75. The number of likely N-dealkylation sites (N-methyl/N-ethyl adjacent to an activating group) is 1. The molecule has 3 nitrogen and oxygen atoms in total. The Balaban J connectivity index is 1.76. The molecule has 0 bridgehead atoms. The van der Waals surface area contributed by atoms with Crippen molar-refractivity contribution < 1.29 is 4.74 Å². The van der Waals surface area contributed by atoms with E-state index in [4.69, 9.17) is 10.5 Å². The highest BCUT2D eigenvalue weighted by molar-refractivity contribution is 7.07. The quantitative estimate of drug-likeness (QED) is 0.863. The van der Waals surface area contributed by atoms with Crippen LogP contribution in [0.15, 0.2) is 16.8 Å². The third kappa shape index (κ3) is 3.28. The lowest BCUT2D eigenvalue weighted by Crippen LogP contribution is -2.49. The van der Waals surface area contributed by atoms with Gasteiger partial charge in [-0.2, -0.15) is 11.3 Å². The summed E-state index contributed by atoms with van der Waals surface area (Å²) in [6.07, 6.45) is 2.28. The minimum Gasteiger partial charge on any atom is -0.374 e. The smallest absolute Gasteiger partial charge is 0.0853 e. The Bertz CT molecular complexity index is 302. The van der Waals surface area contributed by atoms with Crippen molar-refractivity contribution in [2.45, 2.75) is 25.0 Å². The van der Waals surface area contributed by atoms with E-state index in [1.165, 1.54) is 5.56 Å². The summed E-state index contributed by atoms with van der Waals surface area (Å²) in [5.74, 6) is 0. The maximum Gasteiger partial charge on any atom is 0.0853 e. The summed E-state index contributed by atoms with van der Waals surface area (Å²) >= 11 is 1.75. The second-order valence-corrected chi connectivity index (χ2v) is 5.29. The molecule has 1 aliphatic heterocycles. The number of nitrogens with two attached hydrogens (primary N) is 1. The average molecular weight is 240 g/mol. The van der Waals surface area contributed by atoms with E-state index in [-0.39, 0.29) is 12.1 Å². The predicted molar refractivity (Wildman–Crippen MR) is 67.9 cm³/mol. The van der Waals surface area contributed by atoms with Gasteiger partial charge >= 0.3 is 0 Å². The highest BCUT2D eigenvalue weighted by atomic mass is 32.1. The number of morpholine rings is 1. The van der Waals surface area contributed by atoms with Crippen molar-refractivity contribution >= 4 is 11.3 Å². The van der Waals surface area contributed by atoms with Gasteiger partial charge in [0.1, 0.15) is 0 Å². The predicted octanol–water partition coefficient (Wildman–Crippen LogP) is 1.34. The molecule has 16 heavy (non-hydrogen) atoms. The van der Waals surface area contributed by atoms with Crippen molar-refractivity contribution in [2.75, 3.05) is 26.7 Å². The van der Waals surface area contributed by atoms with Crippen molar-refractivity contribution in [2.24, 2.45) is 5.73 Å². The largest absolute Gasteiger partial charge is 0.374 e. The Kier molecular flexibility index (Phi) is 4.35. The molecule has 1 aromatic heterocycles. The molecule has 2 heterocycles. The van der Waals surface area contributed by atoms with Gasteiger partial charge in [-0.25, -0.2) is 0 Å². The molecule has 1 aromatic rings. The van der Waals surface area contributed by atoms with Crippen molar-refractivity contribution in [3.63, 3.8) is 0 Å². The van der Waals surface area contributed by atoms with Gasteiger partial charge in [-0.1, -0.05) is 0 Å². The van der Waals surface area contributed by atoms with Gasteiger partial charge in [0.05, 0.1) is 12.7 Å². The minimum absolute atomic E-state index is 0.155. The van der Waals surface area contributed by atoms with Crippen LogP contribution in [0.1, 0.15) is 12.0 Å². The molecule has 0 aromatic carbocycles. The zero-order valence-electron chi connectivity index (χ0n) is 9.76. The summed E-state index contributed by atoms with van der Waals surface area (Å²) < 4.78 is 5.72. The molecule has 0 amide bonds. The second kappa shape index (κ2) is 5.77. The van der Waals surface area contributed by atoms with Crippen LogP contribution >= 0.6 is 11.3 Å². The van der Waals surface area contributed by atoms with Crippen LogP contribution in [0.5, 0.6) is 0 Å². The van der Waals surface area contributed by atoms with Gasteiger partial charge in [0, 0.05) is 19.1 Å². The number of hydrogen-bond acceptors (Lipinski definition) is 4. The first kappa shape index (κ1) is 12.0. The summed E-state index contributed by atoms with van der Waals surface area (Å²) in [4.78, 5) is 2.29. The molecule has 0 spiro atoms. The Morgan fingerprint density at radius 1 is 1.69 bits per heavy atom. The summed E-state index contributed by atoms with van der Waals surface area (Å²) in [6, 6.07) is 2.33. The van der Waals surface area contributed by atoms with Gasteiger partial charge in [-0.05, 0) is 42.3 Å². The van der Waals surface area contributed by atoms with Gasteiger partial charge in [0.25, 0.3) is 0 Å². The lowest BCUT2D eigenvalue weighted by molar-refractivity contribution is -0.0331. The molecule has 0 radical (unpaired) electrons. The molecule has 2 rings (SSSR count). The highest BCUT2D eigenvalue weighted by Crippen LogP contribution is 2.13. The minimum atomic E-state index is 0.155. The van der Waals surface area contributed by atoms with Gasteiger partial charge in [0.15, 0.2) is 0 Å². The van der Waals surface area contributed by atoms with Crippen molar-refractivity contribution in [3.8, 4) is 0 Å². The zero-order valence-corrected chi connectivity index (χ0v) is 10.6. The molecule has 1 aliphatic rings. The highest BCUT2D eigenvalue weighted by Gasteiger charge is 2.23. The molecule has 2 N–H and O–H groups in total. The van der Waals surface area contributed by atoms with E-state index in [0.29, 0.717) is 0 Å². The van der Waals surface area contributed by atoms with E-state index in [1.807, 2.05) is 0 Å². The third-order valence-electron chi connectivity index (χ3n) is 3.12. The monoisotopic (exact) mass is 240 g/mol. The molecule has 4 heteroatoms. The third-order valence-corrected chi connectivity index (χ3v) is 3.85. The number of thiophene rings is 1. The number of aryl methyl sites for hydroxylation is 1. The maximum absolute atomic E-state index is 6.18. The van der Waals surface area contributed by atoms with E-state index in [2.05, 4.69) is 28.8 Å². The van der Waals surface area contributed by atoms with Gasteiger partial charge in [-0.15, -0.1) is 0 Å². The first-order valence-corrected chi connectivity index (χ1v) is 6.77. The summed E-state index contributed by atoms with van der Waals surface area (Å²) in [7, 11) is 2.13. The van der Waals surface area contributed by atoms with Crippen LogP contribution < -0.4 is 5.73 Å². The molecule has 90 valence electrons. The number of rotatable bonds is 4. The molecule has 2 unspecified atom stereocenters. The van der Waals surface area contributed by atoms with Crippen LogP contribution in [0.4, 0.5) is 0 Å². The Hall–Kier alpha value is -0.420. The number of hydrogen-bond donors (Lipinski definition) is 1. The van der Waals surface area contributed by atoms with Crippen LogP contribution in [0.2, 0.25) is 0 Å². The van der Waals surface area contributed by atoms with Crippen molar-refractivity contribution in [1.29, 1.82) is 0 Å². The normalized spacial score (nSPS) is 24.5. The topological polar surface area (TPSA) is 38.5 Å². The zero-order chi connectivity index (χ0) is 11.4. The molecule has 1 fully saturated rings. The Morgan fingerprint density at radius 2 is 2.56 bits per heavy atom. The lowest BCUT2D eigenvalue weighted by atomic mass is 10.0. The van der Waals surface area contributed by atoms with E-state index < -0.39 is 0 Å². The molecule has 1 saturated heterocycles. The van der Waals surface area contributed by atoms with E-state index in [9.17, 15) is 0 Å². The summed E-state index contributed by atoms with van der Waals surface area (Å²) in [5.41, 5.74) is 7.57. The summed E-state index contributed by atoms with van der Waals surface area (Å²) in [5, 5.41) is 4.31. The van der Waals surface area contributed by atoms with Crippen LogP contribution in [0.25, 0.3) is 0 Å². The van der Waals surface area contributed by atoms with E-state index in [0.717, 1.165) is 32.5 Å². The SMILES string of the molecule is CN1CCOC(C(N)CCc2ccsc2)C1. The van der Waals surface area contributed by atoms with Crippen LogP contribution in [0.3, 0.4) is 0 Å². The molecular weight excluding hydrogens is 220 g/mol. The van der Waals surface area contributed by atoms with Crippen LogP contribution in [-0.4, -0.2) is 43.8 Å². The van der Waals surface area contributed by atoms with Gasteiger partial charge in [0.2, 0.25) is 0 Å². The number of ether oxygens (including phenoxy) is 1. The molecule has 0 saturated carbocycles. The maximum atomic E-state index is 6.18. The van der Waals surface area contributed by atoms with Crippen molar-refractivity contribution in [1.82, 2.24) is 4.90 Å².